The van der Waals surface area contributed by atoms with Crippen molar-refractivity contribution in [2.75, 3.05) is 0 Å². The van der Waals surface area contributed by atoms with Crippen LogP contribution in [-0.2, 0) is 0 Å². The van der Waals surface area contributed by atoms with Gasteiger partial charge in [0, 0.05) is 0 Å². The highest BCUT2D eigenvalue weighted by Crippen LogP contribution is 2.32. The standard InChI is InChI=1S/C19H20/c1-5-15(6-2)17(7-3)19-14(4)12-13-16-10-8-9-11-18(16)19/h5,7-13H,1,3,6H2,2,4H3/b17-15-. The summed E-state index contributed by atoms with van der Waals surface area (Å²) in [5.41, 5.74) is 5.01. The Morgan fingerprint density at radius 1 is 1.05 bits per heavy atom. The van der Waals surface area contributed by atoms with Crippen molar-refractivity contribution in [3.05, 3.63) is 78.4 Å². The van der Waals surface area contributed by atoms with Crippen LogP contribution < -0.4 is 0 Å². The Balaban J connectivity index is 2.87. The second kappa shape index (κ2) is 5.71. The average Bonchev–Trinajstić information content (AvgIpc) is 2.45. The van der Waals surface area contributed by atoms with Crippen LogP contribution in [0.1, 0.15) is 24.5 Å². The number of allylic oxidation sites excluding steroid dienone is 4. The van der Waals surface area contributed by atoms with Crippen molar-refractivity contribution in [3.63, 3.8) is 0 Å². The van der Waals surface area contributed by atoms with Gasteiger partial charge in [-0.2, -0.15) is 0 Å². The molecule has 0 nitrogen and oxygen atoms in total. The van der Waals surface area contributed by atoms with Crippen LogP contribution in [0.2, 0.25) is 0 Å². The number of aryl methyl sites for hydroxylation is 1. The molecule has 0 saturated carbocycles. The van der Waals surface area contributed by atoms with Crippen LogP contribution in [0.5, 0.6) is 0 Å². The van der Waals surface area contributed by atoms with E-state index < -0.39 is 0 Å². The summed E-state index contributed by atoms with van der Waals surface area (Å²) >= 11 is 0. The first-order valence-electron chi connectivity index (χ1n) is 6.69. The Kier molecular flexibility index (Phi) is 4.01. The minimum absolute atomic E-state index is 0.966. The number of hydrogen-bond donors (Lipinski definition) is 0. The average molecular weight is 248 g/mol. The van der Waals surface area contributed by atoms with E-state index in [4.69, 9.17) is 0 Å². The summed E-state index contributed by atoms with van der Waals surface area (Å²) in [4.78, 5) is 0. The van der Waals surface area contributed by atoms with E-state index in [0.717, 1.165) is 6.42 Å². The van der Waals surface area contributed by atoms with Crippen molar-refractivity contribution in [1.82, 2.24) is 0 Å². The second-order valence-corrected chi connectivity index (χ2v) is 4.68. The van der Waals surface area contributed by atoms with E-state index >= 15 is 0 Å². The van der Waals surface area contributed by atoms with Gasteiger partial charge >= 0.3 is 0 Å². The molecule has 2 rings (SSSR count). The van der Waals surface area contributed by atoms with Gasteiger partial charge in [0.25, 0.3) is 0 Å². The van der Waals surface area contributed by atoms with Gasteiger partial charge in [0.15, 0.2) is 0 Å². The lowest BCUT2D eigenvalue weighted by atomic mass is 9.90. The molecule has 96 valence electrons. The van der Waals surface area contributed by atoms with E-state index in [1.807, 2.05) is 12.2 Å². The second-order valence-electron chi connectivity index (χ2n) is 4.68. The zero-order valence-corrected chi connectivity index (χ0v) is 11.7. The van der Waals surface area contributed by atoms with Gasteiger partial charge in [0.2, 0.25) is 0 Å². The van der Waals surface area contributed by atoms with Crippen molar-refractivity contribution in [2.45, 2.75) is 20.3 Å². The first-order valence-corrected chi connectivity index (χ1v) is 6.69. The molecule has 0 spiro atoms. The molecule has 0 fully saturated rings. The highest BCUT2D eigenvalue weighted by molar-refractivity contribution is 5.98. The summed E-state index contributed by atoms with van der Waals surface area (Å²) in [6.45, 7) is 12.2. The molecular formula is C19H20. The molecule has 0 aliphatic heterocycles. The van der Waals surface area contributed by atoms with E-state index in [-0.39, 0.29) is 0 Å². The van der Waals surface area contributed by atoms with Gasteiger partial charge in [0.05, 0.1) is 0 Å². The molecule has 0 radical (unpaired) electrons. The summed E-state index contributed by atoms with van der Waals surface area (Å²) in [5.74, 6) is 0. The molecule has 0 N–H and O–H groups in total. The molecule has 0 aliphatic carbocycles. The molecule has 0 bridgehead atoms. The van der Waals surface area contributed by atoms with Crippen molar-refractivity contribution in [2.24, 2.45) is 0 Å². The zero-order valence-electron chi connectivity index (χ0n) is 11.7. The van der Waals surface area contributed by atoms with Crippen LogP contribution in [0.4, 0.5) is 0 Å². The first-order chi connectivity index (χ1) is 9.22. The Labute approximate surface area is 115 Å². The molecule has 0 amide bonds. The predicted octanol–water partition coefficient (Wildman–Crippen LogP) is 5.68. The third-order valence-electron chi connectivity index (χ3n) is 3.58. The fraction of sp³-hybridized carbons (Fsp3) is 0.158. The summed E-state index contributed by atoms with van der Waals surface area (Å²) in [7, 11) is 0. The van der Waals surface area contributed by atoms with Gasteiger partial charge in [-0.1, -0.05) is 68.6 Å². The molecule has 0 atom stereocenters. The molecule has 0 heteroatoms. The molecule has 2 aromatic rings. The Morgan fingerprint density at radius 3 is 2.42 bits per heavy atom. The number of fused-ring (bicyclic) bond motifs is 1. The minimum atomic E-state index is 0.966. The highest BCUT2D eigenvalue weighted by atomic mass is 14.1. The third kappa shape index (κ3) is 2.39. The third-order valence-corrected chi connectivity index (χ3v) is 3.58. The number of hydrogen-bond acceptors (Lipinski definition) is 0. The molecule has 19 heavy (non-hydrogen) atoms. The monoisotopic (exact) mass is 248 g/mol. The van der Waals surface area contributed by atoms with Gasteiger partial charge in [-0.3, -0.25) is 0 Å². The molecule has 0 aliphatic rings. The van der Waals surface area contributed by atoms with E-state index in [1.54, 1.807) is 0 Å². The lowest BCUT2D eigenvalue weighted by molar-refractivity contribution is 1.15. The van der Waals surface area contributed by atoms with Crippen LogP contribution in [0.15, 0.2) is 67.3 Å². The van der Waals surface area contributed by atoms with Crippen LogP contribution in [0.25, 0.3) is 16.3 Å². The Hall–Kier alpha value is -2.08. The molecule has 0 unspecified atom stereocenters. The fourth-order valence-electron chi connectivity index (χ4n) is 2.58. The van der Waals surface area contributed by atoms with Crippen molar-refractivity contribution >= 4 is 16.3 Å². The quantitative estimate of drug-likeness (QED) is 0.610. The van der Waals surface area contributed by atoms with Crippen LogP contribution >= 0.6 is 0 Å². The van der Waals surface area contributed by atoms with Gasteiger partial charge in [-0.15, -0.1) is 0 Å². The van der Waals surface area contributed by atoms with Gasteiger partial charge in [-0.05, 0) is 46.4 Å². The van der Waals surface area contributed by atoms with Gasteiger partial charge in [0.1, 0.15) is 0 Å². The topological polar surface area (TPSA) is 0 Å². The van der Waals surface area contributed by atoms with Crippen LogP contribution in [-0.4, -0.2) is 0 Å². The first kappa shape index (κ1) is 13.4. The van der Waals surface area contributed by atoms with Gasteiger partial charge < -0.3 is 0 Å². The van der Waals surface area contributed by atoms with E-state index in [0.29, 0.717) is 0 Å². The maximum absolute atomic E-state index is 4.00. The van der Waals surface area contributed by atoms with E-state index in [1.165, 1.54) is 33.0 Å². The Morgan fingerprint density at radius 2 is 1.79 bits per heavy atom. The molecule has 0 aromatic heterocycles. The predicted molar refractivity (Wildman–Crippen MR) is 86.3 cm³/mol. The van der Waals surface area contributed by atoms with Crippen molar-refractivity contribution < 1.29 is 0 Å². The van der Waals surface area contributed by atoms with Gasteiger partial charge in [-0.25, -0.2) is 0 Å². The summed E-state index contributed by atoms with van der Waals surface area (Å²) in [5, 5.41) is 2.55. The zero-order chi connectivity index (χ0) is 13.8. The SMILES string of the molecule is C=C/C(CC)=C(\C=C)c1c(C)ccc2ccccc12. The number of benzene rings is 2. The molecule has 2 aromatic carbocycles. The fourth-order valence-corrected chi connectivity index (χ4v) is 2.58. The Bertz CT molecular complexity index is 657. The van der Waals surface area contributed by atoms with Crippen molar-refractivity contribution in [3.8, 4) is 0 Å². The highest BCUT2D eigenvalue weighted by Gasteiger charge is 2.10. The maximum Gasteiger partial charge on any atom is -0.00736 e. The smallest absolute Gasteiger partial charge is 0.00736 e. The van der Waals surface area contributed by atoms with E-state index in [2.05, 4.69) is 63.4 Å². The lowest BCUT2D eigenvalue weighted by Crippen LogP contribution is -1.92. The normalized spacial score (nSPS) is 12.1. The number of rotatable bonds is 4. The summed E-state index contributed by atoms with van der Waals surface area (Å²) < 4.78 is 0. The summed E-state index contributed by atoms with van der Waals surface area (Å²) in [6, 6.07) is 12.8. The minimum Gasteiger partial charge on any atom is -0.0988 e. The maximum atomic E-state index is 4.00. The van der Waals surface area contributed by atoms with Crippen LogP contribution in [0.3, 0.4) is 0 Å². The van der Waals surface area contributed by atoms with E-state index in [9.17, 15) is 0 Å². The molecular weight excluding hydrogens is 228 g/mol. The lowest BCUT2D eigenvalue weighted by Gasteiger charge is -2.14. The molecule has 0 heterocycles. The largest absolute Gasteiger partial charge is 0.0988 e. The molecule has 0 saturated heterocycles. The van der Waals surface area contributed by atoms with Crippen molar-refractivity contribution in [1.29, 1.82) is 0 Å². The van der Waals surface area contributed by atoms with Crippen LogP contribution in [0, 0.1) is 6.92 Å². The summed E-state index contributed by atoms with van der Waals surface area (Å²) in [6.07, 6.45) is 4.86.